The number of hydrogen-bond donors (Lipinski definition) is 2. The van der Waals surface area contributed by atoms with Crippen molar-refractivity contribution in [2.24, 2.45) is 0 Å². The SMILES string of the molecule is Oc1cccc2c1CCC2Nc1cc(Br)ccc1Br. The Kier molecular flexibility index (Phi) is 3.54. The molecule has 2 aromatic carbocycles. The number of halogens is 2. The molecule has 1 atom stereocenters. The van der Waals surface area contributed by atoms with E-state index in [1.54, 1.807) is 6.07 Å². The summed E-state index contributed by atoms with van der Waals surface area (Å²) >= 11 is 7.05. The number of anilines is 1. The van der Waals surface area contributed by atoms with Crippen LogP contribution in [-0.4, -0.2) is 5.11 Å². The molecule has 0 radical (unpaired) electrons. The average Bonchev–Trinajstić information content (AvgIpc) is 2.79. The van der Waals surface area contributed by atoms with Crippen molar-refractivity contribution in [3.05, 3.63) is 56.5 Å². The smallest absolute Gasteiger partial charge is 0.119 e. The maximum atomic E-state index is 9.87. The van der Waals surface area contributed by atoms with Gasteiger partial charge >= 0.3 is 0 Å². The third kappa shape index (κ3) is 2.51. The van der Waals surface area contributed by atoms with Gasteiger partial charge in [-0.3, -0.25) is 0 Å². The van der Waals surface area contributed by atoms with Crippen LogP contribution >= 0.6 is 31.9 Å². The molecule has 0 amide bonds. The van der Waals surface area contributed by atoms with Crippen LogP contribution in [0.2, 0.25) is 0 Å². The first-order valence-electron chi connectivity index (χ1n) is 6.17. The summed E-state index contributed by atoms with van der Waals surface area (Å²) in [6.45, 7) is 0. The Labute approximate surface area is 129 Å². The molecule has 0 spiro atoms. The Balaban J connectivity index is 1.91. The summed E-state index contributed by atoms with van der Waals surface area (Å²) in [6, 6.07) is 12.1. The lowest BCUT2D eigenvalue weighted by Gasteiger charge is -2.17. The number of benzene rings is 2. The topological polar surface area (TPSA) is 32.3 Å². The molecule has 1 aliphatic rings. The second-order valence-electron chi connectivity index (χ2n) is 4.70. The number of hydrogen-bond acceptors (Lipinski definition) is 2. The maximum Gasteiger partial charge on any atom is 0.119 e. The van der Waals surface area contributed by atoms with Crippen molar-refractivity contribution in [1.29, 1.82) is 0 Å². The molecule has 0 aliphatic heterocycles. The highest BCUT2D eigenvalue weighted by Gasteiger charge is 2.24. The quantitative estimate of drug-likeness (QED) is 0.764. The van der Waals surface area contributed by atoms with Crippen LogP contribution in [0.3, 0.4) is 0 Å². The Hall–Kier alpha value is -1.000. The second kappa shape index (κ2) is 5.17. The van der Waals surface area contributed by atoms with Crippen molar-refractivity contribution in [1.82, 2.24) is 0 Å². The molecule has 3 rings (SSSR count). The van der Waals surface area contributed by atoms with Crippen LogP contribution in [0.4, 0.5) is 5.69 Å². The molecule has 1 aliphatic carbocycles. The van der Waals surface area contributed by atoms with Crippen molar-refractivity contribution in [2.75, 3.05) is 5.32 Å². The Morgan fingerprint density at radius 3 is 2.84 bits per heavy atom. The second-order valence-corrected chi connectivity index (χ2v) is 6.47. The minimum Gasteiger partial charge on any atom is -0.508 e. The van der Waals surface area contributed by atoms with Crippen LogP contribution in [-0.2, 0) is 6.42 Å². The van der Waals surface area contributed by atoms with Crippen molar-refractivity contribution in [3.63, 3.8) is 0 Å². The third-order valence-corrected chi connectivity index (χ3v) is 4.69. The molecule has 2 nitrogen and oxygen atoms in total. The Bertz CT molecular complexity index is 628. The van der Waals surface area contributed by atoms with E-state index in [2.05, 4.69) is 49.3 Å². The van der Waals surface area contributed by atoms with Gasteiger partial charge in [0.25, 0.3) is 0 Å². The number of rotatable bonds is 2. The molecule has 0 saturated heterocycles. The maximum absolute atomic E-state index is 9.87. The zero-order valence-corrected chi connectivity index (χ0v) is 13.3. The van der Waals surface area contributed by atoms with Gasteiger partial charge in [-0.15, -0.1) is 0 Å². The first-order chi connectivity index (χ1) is 9.15. The molecule has 0 heterocycles. The van der Waals surface area contributed by atoms with Gasteiger partial charge in [0.05, 0.1) is 11.7 Å². The van der Waals surface area contributed by atoms with Gasteiger partial charge in [-0.2, -0.15) is 0 Å². The van der Waals surface area contributed by atoms with Gasteiger partial charge < -0.3 is 10.4 Å². The van der Waals surface area contributed by atoms with Gasteiger partial charge in [-0.25, -0.2) is 0 Å². The normalized spacial score (nSPS) is 17.3. The van der Waals surface area contributed by atoms with E-state index in [0.29, 0.717) is 5.75 Å². The molecule has 98 valence electrons. The summed E-state index contributed by atoms with van der Waals surface area (Å²) in [5.41, 5.74) is 3.34. The summed E-state index contributed by atoms with van der Waals surface area (Å²) in [5, 5.41) is 13.4. The molecule has 19 heavy (non-hydrogen) atoms. The third-order valence-electron chi connectivity index (χ3n) is 3.50. The summed E-state index contributed by atoms with van der Waals surface area (Å²) in [7, 11) is 0. The standard InChI is InChI=1S/C15H13Br2NO/c16-9-4-6-12(17)14(8-9)18-13-7-5-11-10(13)2-1-3-15(11)19/h1-4,6,8,13,18-19H,5,7H2. The molecule has 0 bridgehead atoms. The van der Waals surface area contributed by atoms with E-state index >= 15 is 0 Å². The minimum atomic E-state index is 0.257. The number of aromatic hydroxyl groups is 1. The van der Waals surface area contributed by atoms with E-state index < -0.39 is 0 Å². The van der Waals surface area contributed by atoms with Gasteiger partial charge in [0.2, 0.25) is 0 Å². The predicted octanol–water partition coefficient (Wildman–Crippen LogP) is 5.02. The van der Waals surface area contributed by atoms with Gasteiger partial charge in [-0.1, -0.05) is 28.1 Å². The summed E-state index contributed by atoms with van der Waals surface area (Å²) in [6.07, 6.45) is 1.93. The highest BCUT2D eigenvalue weighted by molar-refractivity contribution is 9.11. The predicted molar refractivity (Wildman–Crippen MR) is 84.6 cm³/mol. The fourth-order valence-electron chi connectivity index (χ4n) is 2.58. The molecule has 1 unspecified atom stereocenters. The zero-order valence-electron chi connectivity index (χ0n) is 10.2. The molecule has 0 fully saturated rings. The number of phenolic OH excluding ortho intramolecular Hbond substituents is 1. The van der Waals surface area contributed by atoms with Crippen LogP contribution in [0.25, 0.3) is 0 Å². The van der Waals surface area contributed by atoms with E-state index in [-0.39, 0.29) is 6.04 Å². The highest BCUT2D eigenvalue weighted by atomic mass is 79.9. The molecular weight excluding hydrogens is 370 g/mol. The van der Waals surface area contributed by atoms with Crippen molar-refractivity contribution >= 4 is 37.5 Å². The molecule has 0 aromatic heterocycles. The molecule has 4 heteroatoms. The van der Waals surface area contributed by atoms with Gasteiger partial charge in [0.1, 0.15) is 5.75 Å². The largest absolute Gasteiger partial charge is 0.508 e. The fraction of sp³-hybridized carbons (Fsp3) is 0.200. The van der Waals surface area contributed by atoms with Crippen LogP contribution in [0.1, 0.15) is 23.6 Å². The zero-order chi connectivity index (χ0) is 13.4. The molecule has 2 N–H and O–H groups in total. The van der Waals surface area contributed by atoms with Crippen molar-refractivity contribution in [3.8, 4) is 5.75 Å². The van der Waals surface area contributed by atoms with Crippen LogP contribution in [0.5, 0.6) is 5.75 Å². The molecular formula is C15H13Br2NO. The van der Waals surface area contributed by atoms with Crippen LogP contribution < -0.4 is 5.32 Å². The van der Waals surface area contributed by atoms with Gasteiger partial charge in [-0.05, 0) is 64.2 Å². The highest BCUT2D eigenvalue weighted by Crippen LogP contribution is 2.39. The van der Waals surface area contributed by atoms with Crippen molar-refractivity contribution < 1.29 is 5.11 Å². The van der Waals surface area contributed by atoms with Gasteiger partial charge in [0, 0.05) is 8.95 Å². The van der Waals surface area contributed by atoms with E-state index in [0.717, 1.165) is 33.0 Å². The molecule has 0 saturated carbocycles. The first kappa shape index (κ1) is 13.0. The van der Waals surface area contributed by atoms with E-state index in [1.807, 2.05) is 18.2 Å². The van der Waals surface area contributed by atoms with E-state index in [4.69, 9.17) is 0 Å². The van der Waals surface area contributed by atoms with Gasteiger partial charge in [0.15, 0.2) is 0 Å². The number of nitrogens with one attached hydrogen (secondary N) is 1. The first-order valence-corrected chi connectivity index (χ1v) is 7.76. The van der Waals surface area contributed by atoms with Crippen LogP contribution in [0, 0.1) is 0 Å². The summed E-state index contributed by atoms with van der Waals surface area (Å²) in [5.74, 6) is 0.412. The average molecular weight is 383 g/mol. The Morgan fingerprint density at radius 1 is 1.16 bits per heavy atom. The van der Waals surface area contributed by atoms with Crippen LogP contribution in [0.15, 0.2) is 45.3 Å². The monoisotopic (exact) mass is 381 g/mol. The lowest BCUT2D eigenvalue weighted by atomic mass is 10.1. The molecule has 2 aromatic rings. The number of phenols is 1. The number of fused-ring (bicyclic) bond motifs is 1. The summed E-state index contributed by atoms with van der Waals surface area (Å²) in [4.78, 5) is 0. The Morgan fingerprint density at radius 2 is 2.00 bits per heavy atom. The summed E-state index contributed by atoms with van der Waals surface area (Å²) < 4.78 is 2.09. The van der Waals surface area contributed by atoms with E-state index in [9.17, 15) is 5.11 Å². The lowest BCUT2D eigenvalue weighted by Crippen LogP contribution is -2.07. The van der Waals surface area contributed by atoms with Crippen molar-refractivity contribution in [2.45, 2.75) is 18.9 Å². The lowest BCUT2D eigenvalue weighted by molar-refractivity contribution is 0.469. The van der Waals surface area contributed by atoms with E-state index in [1.165, 1.54) is 5.56 Å². The minimum absolute atomic E-state index is 0.257. The fourth-order valence-corrected chi connectivity index (χ4v) is 3.30.